The molecule has 0 aliphatic heterocycles. The summed E-state index contributed by atoms with van der Waals surface area (Å²) in [5, 5.41) is 1.06. The molecule has 2 unspecified atom stereocenters. The first-order valence-corrected chi connectivity index (χ1v) is 7.68. The Labute approximate surface area is 120 Å². The van der Waals surface area contributed by atoms with E-state index in [1.54, 1.807) is 6.20 Å². The molecule has 1 aromatic heterocycles. The van der Waals surface area contributed by atoms with E-state index in [9.17, 15) is 4.79 Å². The minimum Gasteiger partial charge on any atom is -0.294 e. The molecule has 20 heavy (non-hydrogen) atoms. The van der Waals surface area contributed by atoms with Crippen molar-refractivity contribution in [2.75, 3.05) is 0 Å². The van der Waals surface area contributed by atoms with Gasteiger partial charge in [-0.3, -0.25) is 9.78 Å². The van der Waals surface area contributed by atoms with Crippen LogP contribution in [0.2, 0.25) is 0 Å². The molecule has 0 saturated heterocycles. The van der Waals surface area contributed by atoms with Crippen LogP contribution in [0.5, 0.6) is 0 Å². The van der Waals surface area contributed by atoms with Gasteiger partial charge < -0.3 is 0 Å². The number of fused-ring (bicyclic) bond motifs is 1. The van der Waals surface area contributed by atoms with Crippen LogP contribution >= 0.6 is 0 Å². The fourth-order valence-corrected chi connectivity index (χ4v) is 3.48. The highest BCUT2D eigenvalue weighted by atomic mass is 16.1. The van der Waals surface area contributed by atoms with Gasteiger partial charge in [0.15, 0.2) is 5.78 Å². The SMILES string of the molecule is CCC1CCCCC1C(=O)c1ccc2ncccc2c1. The highest BCUT2D eigenvalue weighted by Gasteiger charge is 2.30. The number of Topliss-reactive ketones (excluding diaryl/α,β-unsaturated/α-hetero) is 1. The standard InChI is InChI=1S/C18H21NO/c1-2-13-6-3-4-8-16(13)18(20)15-9-10-17-14(12-15)7-5-11-19-17/h5,7,9-13,16H,2-4,6,8H2,1H3. The number of carbonyl (C=O) groups is 1. The maximum Gasteiger partial charge on any atom is 0.166 e. The smallest absolute Gasteiger partial charge is 0.166 e. The van der Waals surface area contributed by atoms with E-state index in [1.807, 2.05) is 30.3 Å². The summed E-state index contributed by atoms with van der Waals surface area (Å²) in [6, 6.07) is 9.86. The molecular formula is C18H21NO. The summed E-state index contributed by atoms with van der Waals surface area (Å²) in [7, 11) is 0. The van der Waals surface area contributed by atoms with Gasteiger partial charge in [-0.05, 0) is 43.0 Å². The van der Waals surface area contributed by atoms with E-state index < -0.39 is 0 Å². The van der Waals surface area contributed by atoms with Crippen LogP contribution in [0.15, 0.2) is 36.5 Å². The lowest BCUT2D eigenvalue weighted by Gasteiger charge is -2.29. The number of pyridine rings is 1. The lowest BCUT2D eigenvalue weighted by molar-refractivity contribution is 0.0820. The Morgan fingerprint density at radius 1 is 1.25 bits per heavy atom. The Morgan fingerprint density at radius 3 is 2.95 bits per heavy atom. The first kappa shape index (κ1) is 13.3. The first-order chi connectivity index (χ1) is 9.79. The molecule has 2 aromatic rings. The van der Waals surface area contributed by atoms with Crippen molar-refractivity contribution in [2.24, 2.45) is 11.8 Å². The van der Waals surface area contributed by atoms with Gasteiger partial charge in [-0.25, -0.2) is 0 Å². The minimum absolute atomic E-state index is 0.225. The maximum absolute atomic E-state index is 12.8. The molecule has 0 spiro atoms. The van der Waals surface area contributed by atoms with Gasteiger partial charge in [0.05, 0.1) is 5.52 Å². The zero-order chi connectivity index (χ0) is 13.9. The second kappa shape index (κ2) is 5.74. The number of hydrogen-bond acceptors (Lipinski definition) is 2. The summed E-state index contributed by atoms with van der Waals surface area (Å²) in [4.78, 5) is 17.1. The molecule has 0 radical (unpaired) electrons. The van der Waals surface area contributed by atoms with E-state index in [0.717, 1.165) is 29.3 Å². The summed E-state index contributed by atoms with van der Waals surface area (Å²) >= 11 is 0. The molecule has 3 rings (SSSR count). The van der Waals surface area contributed by atoms with Crippen molar-refractivity contribution < 1.29 is 4.79 Å². The normalized spacial score (nSPS) is 22.9. The highest BCUT2D eigenvalue weighted by molar-refractivity contribution is 6.01. The molecule has 0 bridgehead atoms. The molecule has 104 valence electrons. The van der Waals surface area contributed by atoms with E-state index in [0.29, 0.717) is 11.7 Å². The second-order valence-electron chi connectivity index (χ2n) is 5.83. The third kappa shape index (κ3) is 2.47. The molecule has 2 nitrogen and oxygen atoms in total. The Morgan fingerprint density at radius 2 is 2.10 bits per heavy atom. The number of carbonyl (C=O) groups excluding carboxylic acids is 1. The molecule has 2 heteroatoms. The molecule has 0 N–H and O–H groups in total. The van der Waals surface area contributed by atoms with Crippen molar-refractivity contribution in [1.29, 1.82) is 0 Å². The van der Waals surface area contributed by atoms with Gasteiger partial charge in [-0.1, -0.05) is 32.3 Å². The van der Waals surface area contributed by atoms with E-state index in [4.69, 9.17) is 0 Å². The third-order valence-electron chi connectivity index (χ3n) is 4.66. The topological polar surface area (TPSA) is 30.0 Å². The largest absolute Gasteiger partial charge is 0.294 e. The van der Waals surface area contributed by atoms with Gasteiger partial charge >= 0.3 is 0 Å². The number of ketones is 1. The Kier molecular flexibility index (Phi) is 3.81. The second-order valence-corrected chi connectivity index (χ2v) is 5.83. The third-order valence-corrected chi connectivity index (χ3v) is 4.66. The number of hydrogen-bond donors (Lipinski definition) is 0. The molecule has 1 heterocycles. The van der Waals surface area contributed by atoms with Crippen LogP contribution in [0.25, 0.3) is 10.9 Å². The summed E-state index contributed by atoms with van der Waals surface area (Å²) < 4.78 is 0. The molecule has 1 aliphatic carbocycles. The fourth-order valence-electron chi connectivity index (χ4n) is 3.48. The van der Waals surface area contributed by atoms with Crippen LogP contribution in [0.4, 0.5) is 0 Å². The Hall–Kier alpha value is -1.70. The predicted octanol–water partition coefficient (Wildman–Crippen LogP) is 4.63. The molecule has 0 amide bonds. The van der Waals surface area contributed by atoms with Crippen molar-refractivity contribution in [3.05, 3.63) is 42.1 Å². The van der Waals surface area contributed by atoms with E-state index in [2.05, 4.69) is 11.9 Å². The summed E-state index contributed by atoms with van der Waals surface area (Å²) in [6.07, 6.45) is 7.65. The minimum atomic E-state index is 0.225. The lowest BCUT2D eigenvalue weighted by Crippen LogP contribution is -2.26. The van der Waals surface area contributed by atoms with Crippen LogP contribution in [-0.4, -0.2) is 10.8 Å². The van der Waals surface area contributed by atoms with Gasteiger partial charge in [0.2, 0.25) is 0 Å². The van der Waals surface area contributed by atoms with Gasteiger partial charge in [-0.15, -0.1) is 0 Å². The van der Waals surface area contributed by atoms with Crippen molar-refractivity contribution in [3.63, 3.8) is 0 Å². The van der Waals surface area contributed by atoms with Crippen molar-refractivity contribution in [1.82, 2.24) is 4.98 Å². The molecular weight excluding hydrogens is 246 g/mol. The van der Waals surface area contributed by atoms with Gasteiger partial charge in [0.25, 0.3) is 0 Å². The number of rotatable bonds is 3. The van der Waals surface area contributed by atoms with E-state index in [-0.39, 0.29) is 5.92 Å². The molecule has 1 aliphatic rings. The van der Waals surface area contributed by atoms with E-state index in [1.165, 1.54) is 19.3 Å². The van der Waals surface area contributed by atoms with Gasteiger partial charge in [-0.2, -0.15) is 0 Å². The number of aromatic nitrogens is 1. The summed E-state index contributed by atoms with van der Waals surface area (Å²) in [5.41, 5.74) is 1.82. The average molecular weight is 267 g/mol. The highest BCUT2D eigenvalue weighted by Crippen LogP contribution is 2.34. The lowest BCUT2D eigenvalue weighted by atomic mass is 9.74. The first-order valence-electron chi connectivity index (χ1n) is 7.68. The predicted molar refractivity (Wildman–Crippen MR) is 81.8 cm³/mol. The summed E-state index contributed by atoms with van der Waals surface area (Å²) in [5.74, 6) is 1.13. The summed E-state index contributed by atoms with van der Waals surface area (Å²) in [6.45, 7) is 2.21. The monoisotopic (exact) mass is 267 g/mol. The number of benzene rings is 1. The van der Waals surface area contributed by atoms with Crippen LogP contribution in [0.3, 0.4) is 0 Å². The Balaban J connectivity index is 1.91. The molecule has 1 fully saturated rings. The Bertz CT molecular complexity index is 620. The molecule has 2 atom stereocenters. The zero-order valence-corrected chi connectivity index (χ0v) is 12.0. The van der Waals surface area contributed by atoms with Gasteiger partial charge in [0.1, 0.15) is 0 Å². The maximum atomic E-state index is 12.8. The van der Waals surface area contributed by atoms with Crippen molar-refractivity contribution in [3.8, 4) is 0 Å². The van der Waals surface area contributed by atoms with Crippen LogP contribution in [0, 0.1) is 11.8 Å². The van der Waals surface area contributed by atoms with Gasteiger partial charge in [0, 0.05) is 23.1 Å². The average Bonchev–Trinajstić information content (AvgIpc) is 2.53. The van der Waals surface area contributed by atoms with Crippen LogP contribution < -0.4 is 0 Å². The van der Waals surface area contributed by atoms with Crippen LogP contribution in [-0.2, 0) is 0 Å². The van der Waals surface area contributed by atoms with Crippen molar-refractivity contribution in [2.45, 2.75) is 39.0 Å². The van der Waals surface area contributed by atoms with Crippen molar-refractivity contribution >= 4 is 16.7 Å². The quantitative estimate of drug-likeness (QED) is 0.759. The fraction of sp³-hybridized carbons (Fsp3) is 0.444. The molecule has 1 aromatic carbocycles. The number of nitrogens with zero attached hydrogens (tertiary/aromatic N) is 1. The zero-order valence-electron chi connectivity index (χ0n) is 12.0. The van der Waals surface area contributed by atoms with Crippen LogP contribution in [0.1, 0.15) is 49.4 Å². The van der Waals surface area contributed by atoms with E-state index >= 15 is 0 Å². The molecule has 1 saturated carbocycles.